The van der Waals surface area contributed by atoms with Gasteiger partial charge >= 0.3 is 21.5 Å². The first-order valence-corrected chi connectivity index (χ1v) is 5.41. The highest BCUT2D eigenvalue weighted by Gasteiger charge is 2.46. The van der Waals surface area contributed by atoms with Crippen molar-refractivity contribution in [3.05, 3.63) is 12.2 Å². The number of ether oxygens (including phenoxy) is 1. The van der Waals surface area contributed by atoms with Crippen LogP contribution >= 0.6 is 0 Å². The summed E-state index contributed by atoms with van der Waals surface area (Å²) in [5, 5.41) is 0. The molecular formula is C7H10F3NO4S. The molecule has 0 saturated carbocycles. The molecule has 0 saturated heterocycles. The lowest BCUT2D eigenvalue weighted by Gasteiger charge is -2.16. The zero-order chi connectivity index (χ0) is 13.1. The molecule has 0 fully saturated rings. The summed E-state index contributed by atoms with van der Waals surface area (Å²) in [4.78, 5) is 10.9. The second-order valence-electron chi connectivity index (χ2n) is 2.89. The maximum absolute atomic E-state index is 11.9. The summed E-state index contributed by atoms with van der Waals surface area (Å²) >= 11 is 0. The summed E-state index contributed by atoms with van der Waals surface area (Å²) in [6, 6.07) is 0. The van der Waals surface area contributed by atoms with Crippen LogP contribution in [0, 0.1) is 0 Å². The summed E-state index contributed by atoms with van der Waals surface area (Å²) in [5.41, 5.74) is -5.50. The highest BCUT2D eigenvalue weighted by molar-refractivity contribution is 7.90. The van der Waals surface area contributed by atoms with Gasteiger partial charge in [-0.05, 0) is 13.8 Å². The molecule has 0 bridgehead atoms. The minimum absolute atomic E-state index is 0.0574. The van der Waals surface area contributed by atoms with Gasteiger partial charge in [-0.25, -0.2) is 13.2 Å². The predicted octanol–water partition coefficient (Wildman–Crippen LogP) is 0.891. The number of rotatable bonds is 4. The molecule has 1 unspecified atom stereocenters. The van der Waals surface area contributed by atoms with Crippen molar-refractivity contribution >= 4 is 16.0 Å². The molecule has 16 heavy (non-hydrogen) atoms. The Morgan fingerprint density at radius 1 is 1.44 bits per heavy atom. The largest absolute Gasteiger partial charge is 0.511 e. The first-order valence-electron chi connectivity index (χ1n) is 3.92. The SMILES string of the molecule is C=C(C)C(=O)OC(C)NS(=O)(=O)C(F)(F)F. The number of nitrogens with one attached hydrogen (secondary N) is 1. The third-order valence-corrected chi connectivity index (χ3v) is 2.51. The van der Waals surface area contributed by atoms with Gasteiger partial charge in [0.05, 0.1) is 0 Å². The summed E-state index contributed by atoms with van der Waals surface area (Å²) in [6.45, 7) is 5.40. The number of halogens is 3. The Bertz CT molecular complexity index is 387. The molecule has 0 aliphatic heterocycles. The fraction of sp³-hybridized carbons (Fsp3) is 0.571. The van der Waals surface area contributed by atoms with Crippen LogP contribution in [-0.4, -0.2) is 26.1 Å². The van der Waals surface area contributed by atoms with E-state index in [4.69, 9.17) is 0 Å². The van der Waals surface area contributed by atoms with E-state index in [1.54, 1.807) is 0 Å². The maximum atomic E-state index is 11.9. The van der Waals surface area contributed by atoms with Gasteiger partial charge in [0.15, 0.2) is 6.23 Å². The second-order valence-corrected chi connectivity index (χ2v) is 4.60. The van der Waals surface area contributed by atoms with E-state index in [0.717, 1.165) is 11.6 Å². The van der Waals surface area contributed by atoms with Gasteiger partial charge in [-0.3, -0.25) is 0 Å². The van der Waals surface area contributed by atoms with Crippen LogP contribution in [0.3, 0.4) is 0 Å². The van der Waals surface area contributed by atoms with E-state index in [0.29, 0.717) is 0 Å². The molecule has 0 spiro atoms. The van der Waals surface area contributed by atoms with Gasteiger partial charge < -0.3 is 4.74 Å². The van der Waals surface area contributed by atoms with Crippen LogP contribution in [-0.2, 0) is 19.6 Å². The molecule has 0 radical (unpaired) electrons. The molecule has 0 aromatic heterocycles. The lowest BCUT2D eigenvalue weighted by atomic mass is 10.4. The first kappa shape index (κ1) is 14.9. The van der Waals surface area contributed by atoms with Crippen LogP contribution in [0.2, 0.25) is 0 Å². The van der Waals surface area contributed by atoms with Crippen molar-refractivity contribution < 1.29 is 31.1 Å². The smallest absolute Gasteiger partial charge is 0.443 e. The molecule has 9 heteroatoms. The average molecular weight is 261 g/mol. The Balaban J connectivity index is 4.54. The van der Waals surface area contributed by atoms with Crippen molar-refractivity contribution in [3.8, 4) is 0 Å². The molecule has 0 aromatic rings. The van der Waals surface area contributed by atoms with E-state index in [2.05, 4.69) is 11.3 Å². The van der Waals surface area contributed by atoms with Gasteiger partial charge in [-0.2, -0.15) is 17.9 Å². The number of carbonyl (C=O) groups is 1. The number of hydrogen-bond acceptors (Lipinski definition) is 4. The highest BCUT2D eigenvalue weighted by atomic mass is 32.2. The van der Waals surface area contributed by atoms with Gasteiger partial charge in [0, 0.05) is 5.57 Å². The zero-order valence-electron chi connectivity index (χ0n) is 8.46. The summed E-state index contributed by atoms with van der Waals surface area (Å²) in [7, 11) is -5.53. The average Bonchev–Trinajstić information content (AvgIpc) is 1.99. The van der Waals surface area contributed by atoms with Crippen molar-refractivity contribution in [1.82, 2.24) is 4.72 Å². The van der Waals surface area contributed by atoms with Crippen molar-refractivity contribution in [2.75, 3.05) is 0 Å². The molecule has 94 valence electrons. The highest BCUT2D eigenvalue weighted by Crippen LogP contribution is 2.22. The van der Waals surface area contributed by atoms with E-state index >= 15 is 0 Å². The predicted molar refractivity (Wildman–Crippen MR) is 48.5 cm³/mol. The molecule has 0 aliphatic rings. The van der Waals surface area contributed by atoms with E-state index in [9.17, 15) is 26.4 Å². The second kappa shape index (κ2) is 4.83. The van der Waals surface area contributed by atoms with Gasteiger partial charge in [-0.1, -0.05) is 6.58 Å². The Labute approximate surface area is 90.3 Å². The normalized spacial score (nSPS) is 14.3. The van der Waals surface area contributed by atoms with Gasteiger partial charge in [0.2, 0.25) is 0 Å². The van der Waals surface area contributed by atoms with Crippen LogP contribution in [0.4, 0.5) is 13.2 Å². The monoisotopic (exact) mass is 261 g/mol. The molecule has 1 atom stereocenters. The van der Waals surface area contributed by atoms with Crippen molar-refractivity contribution in [2.24, 2.45) is 0 Å². The Morgan fingerprint density at radius 3 is 2.19 bits per heavy atom. The third-order valence-electron chi connectivity index (χ3n) is 1.26. The fourth-order valence-electron chi connectivity index (χ4n) is 0.571. The van der Waals surface area contributed by atoms with E-state index in [-0.39, 0.29) is 5.57 Å². The molecule has 1 N–H and O–H groups in total. The van der Waals surface area contributed by atoms with Crippen molar-refractivity contribution in [1.29, 1.82) is 0 Å². The Hall–Kier alpha value is -1.09. The summed E-state index contributed by atoms with van der Waals surface area (Å²) < 4.78 is 62.2. The molecular weight excluding hydrogens is 251 g/mol. The number of sulfonamides is 1. The molecule has 0 rings (SSSR count). The van der Waals surface area contributed by atoms with E-state index in [1.165, 1.54) is 6.92 Å². The molecule has 5 nitrogen and oxygen atoms in total. The van der Waals surface area contributed by atoms with Gasteiger partial charge in [0.1, 0.15) is 0 Å². The quantitative estimate of drug-likeness (QED) is 0.463. The van der Waals surface area contributed by atoms with Gasteiger partial charge in [-0.15, -0.1) is 0 Å². The van der Waals surface area contributed by atoms with Crippen LogP contribution in [0.15, 0.2) is 12.2 Å². The lowest BCUT2D eigenvalue weighted by Crippen LogP contribution is -2.43. The molecule has 0 heterocycles. The molecule has 0 aromatic carbocycles. The zero-order valence-corrected chi connectivity index (χ0v) is 9.28. The van der Waals surface area contributed by atoms with Gasteiger partial charge in [0.25, 0.3) is 0 Å². The Kier molecular flexibility index (Phi) is 4.50. The summed E-state index contributed by atoms with van der Waals surface area (Å²) in [6.07, 6.45) is -1.63. The minimum atomic E-state index is -5.53. The van der Waals surface area contributed by atoms with E-state index in [1.807, 2.05) is 0 Å². The van der Waals surface area contributed by atoms with Crippen molar-refractivity contribution in [2.45, 2.75) is 25.6 Å². The van der Waals surface area contributed by atoms with Crippen LogP contribution in [0.5, 0.6) is 0 Å². The van der Waals surface area contributed by atoms with Crippen molar-refractivity contribution in [3.63, 3.8) is 0 Å². The lowest BCUT2D eigenvalue weighted by molar-refractivity contribution is -0.144. The molecule has 0 amide bonds. The maximum Gasteiger partial charge on any atom is 0.511 e. The first-order chi connectivity index (χ1) is 6.97. The topological polar surface area (TPSA) is 72.5 Å². The van der Waals surface area contributed by atoms with E-state index < -0.39 is 27.7 Å². The number of hydrogen-bond donors (Lipinski definition) is 1. The minimum Gasteiger partial charge on any atom is -0.443 e. The van der Waals surface area contributed by atoms with Crippen LogP contribution in [0.25, 0.3) is 0 Å². The van der Waals surface area contributed by atoms with Crippen LogP contribution < -0.4 is 4.72 Å². The fourth-order valence-corrected chi connectivity index (χ4v) is 1.19. The van der Waals surface area contributed by atoms with Crippen LogP contribution in [0.1, 0.15) is 13.8 Å². The number of esters is 1. The molecule has 0 aliphatic carbocycles. The summed E-state index contributed by atoms with van der Waals surface area (Å²) in [5.74, 6) is -0.989. The Morgan fingerprint density at radius 2 is 1.88 bits per heavy atom. The third kappa shape index (κ3) is 4.19. The standard InChI is InChI=1S/C7H10F3NO4S/c1-4(2)6(12)15-5(3)11-16(13,14)7(8,9)10/h5,11H,1H2,2-3H3. The number of alkyl halides is 3. The number of carbonyl (C=O) groups excluding carboxylic acids is 1.